The van der Waals surface area contributed by atoms with Gasteiger partial charge in [-0.25, -0.2) is 18.6 Å². The number of halogens is 2. The maximum Gasteiger partial charge on any atom is 0.410 e. The molecule has 2 aromatic carbocycles. The van der Waals surface area contributed by atoms with Crippen molar-refractivity contribution in [1.29, 1.82) is 0 Å². The Morgan fingerprint density at radius 3 is 2.53 bits per heavy atom. The lowest BCUT2D eigenvalue weighted by Gasteiger charge is -2.22. The minimum Gasteiger partial charge on any atom is -0.436 e. The molecule has 1 atom stereocenters. The van der Waals surface area contributed by atoms with Crippen LogP contribution in [0.15, 0.2) is 65.7 Å². The maximum absolute atomic E-state index is 14.6. The van der Waals surface area contributed by atoms with Crippen LogP contribution in [0.2, 0.25) is 0 Å². The summed E-state index contributed by atoms with van der Waals surface area (Å²) < 4.78 is 37.3. The number of amides is 3. The van der Waals surface area contributed by atoms with E-state index in [1.165, 1.54) is 71.2 Å². The van der Waals surface area contributed by atoms with Gasteiger partial charge in [0.1, 0.15) is 11.6 Å². The Labute approximate surface area is 257 Å². The molecule has 0 radical (unpaired) electrons. The normalized spacial score (nSPS) is 12.6. The molecule has 1 N–H and O–H groups in total. The van der Waals surface area contributed by atoms with E-state index in [1.807, 2.05) is 4.57 Å². The van der Waals surface area contributed by atoms with Crippen molar-refractivity contribution in [2.75, 3.05) is 33.5 Å². The molecule has 0 spiro atoms. The number of hydrogen-bond acceptors (Lipinski definition) is 6. The summed E-state index contributed by atoms with van der Waals surface area (Å²) in [6.45, 7) is 0.463. The number of benzene rings is 2. The molecule has 3 amide bonds. The molecule has 0 bridgehead atoms. The number of carbonyl (C=O) groups is 3. The van der Waals surface area contributed by atoms with Crippen LogP contribution >= 0.6 is 0 Å². The van der Waals surface area contributed by atoms with E-state index < -0.39 is 35.3 Å². The molecule has 0 unspecified atom stereocenters. The highest BCUT2D eigenvalue weighted by molar-refractivity contribution is 5.98. The average Bonchev–Trinajstić information content (AvgIpc) is 3.33. The van der Waals surface area contributed by atoms with Gasteiger partial charge in [0, 0.05) is 63.8 Å². The third kappa shape index (κ3) is 6.61. The summed E-state index contributed by atoms with van der Waals surface area (Å²) in [5.74, 6) is -2.14. The standard InChI is InChI=1S/C32H32F2N6O5/c1-37(2)27(41)8-6-5-7-26(45-32(44)38(3)4)30(42)36-29-31(43)39(12-11-35-29)18-23-14-20-13-22(34)16-25-24-15-21(33)10-9-19(24)17-40(23)28(20)25/h6,8-16,26H,5,7,17-18H2,1-4H3,(H,35,36,42)/b8-6+/t26-/m0/s1. The lowest BCUT2D eigenvalue weighted by atomic mass is 9.95. The fourth-order valence-electron chi connectivity index (χ4n) is 5.14. The average molecular weight is 619 g/mol. The van der Waals surface area contributed by atoms with Crippen LogP contribution in [0.3, 0.4) is 0 Å². The van der Waals surface area contributed by atoms with E-state index in [4.69, 9.17) is 4.74 Å². The molecule has 0 fully saturated rings. The third-order valence-corrected chi connectivity index (χ3v) is 7.42. The molecule has 13 heteroatoms. The molecule has 2 aromatic heterocycles. The van der Waals surface area contributed by atoms with Gasteiger partial charge in [0.15, 0.2) is 11.9 Å². The van der Waals surface area contributed by atoms with Crippen LogP contribution in [0.25, 0.3) is 22.0 Å². The third-order valence-electron chi connectivity index (χ3n) is 7.42. The maximum atomic E-state index is 14.6. The van der Waals surface area contributed by atoms with Crippen LogP contribution in [-0.4, -0.2) is 76.1 Å². The molecule has 3 heterocycles. The predicted octanol–water partition coefficient (Wildman–Crippen LogP) is 3.98. The lowest BCUT2D eigenvalue weighted by molar-refractivity contribution is -0.125. The Balaban J connectivity index is 1.39. The number of rotatable bonds is 9. The smallest absolute Gasteiger partial charge is 0.410 e. The number of likely N-dealkylation sites (N-methyl/N-ethyl adjacent to an activating group) is 1. The number of allylic oxidation sites excluding steroid dienone is 1. The number of carbonyl (C=O) groups excluding carboxylic acids is 3. The SMILES string of the molecule is CN(C)C(=O)/C=C/CC[C@H](OC(=O)N(C)C)C(=O)Nc1nccn(Cc2cc3cc(F)cc4c3n2Cc2ccc(F)cc2-4)c1=O. The van der Waals surface area contributed by atoms with Crippen LogP contribution in [-0.2, 0) is 27.4 Å². The van der Waals surface area contributed by atoms with Crippen LogP contribution in [0.4, 0.5) is 19.4 Å². The summed E-state index contributed by atoms with van der Waals surface area (Å²) in [6, 6.07) is 8.96. The van der Waals surface area contributed by atoms with E-state index in [-0.39, 0.29) is 31.1 Å². The minimum absolute atomic E-state index is 0.0496. The van der Waals surface area contributed by atoms with Crippen LogP contribution in [0, 0.1) is 11.6 Å². The minimum atomic E-state index is -1.27. The zero-order valence-electron chi connectivity index (χ0n) is 25.2. The predicted molar refractivity (Wildman–Crippen MR) is 164 cm³/mol. The van der Waals surface area contributed by atoms with E-state index in [0.717, 1.165) is 11.1 Å². The first-order valence-electron chi connectivity index (χ1n) is 14.2. The van der Waals surface area contributed by atoms with Crippen molar-refractivity contribution in [3.63, 3.8) is 0 Å². The molecular weight excluding hydrogens is 586 g/mol. The zero-order chi connectivity index (χ0) is 32.4. The van der Waals surface area contributed by atoms with Gasteiger partial charge in [0.2, 0.25) is 5.91 Å². The quantitative estimate of drug-likeness (QED) is 0.250. The fourth-order valence-corrected chi connectivity index (χ4v) is 5.14. The number of nitrogens with zero attached hydrogens (tertiary/aromatic N) is 5. The Hall–Kier alpha value is -5.33. The molecule has 0 aliphatic carbocycles. The summed E-state index contributed by atoms with van der Waals surface area (Å²) in [7, 11) is 6.15. The molecule has 0 saturated heterocycles. The van der Waals surface area contributed by atoms with Gasteiger partial charge in [-0.15, -0.1) is 0 Å². The van der Waals surface area contributed by atoms with E-state index in [1.54, 1.807) is 32.3 Å². The Bertz CT molecular complexity index is 1890. The summed E-state index contributed by atoms with van der Waals surface area (Å²) in [6.07, 6.45) is 4.01. The largest absolute Gasteiger partial charge is 0.436 e. The lowest BCUT2D eigenvalue weighted by Crippen LogP contribution is -2.38. The van der Waals surface area contributed by atoms with Gasteiger partial charge in [-0.3, -0.25) is 14.4 Å². The highest BCUT2D eigenvalue weighted by Gasteiger charge is 2.26. The Kier molecular flexibility index (Phi) is 8.80. The van der Waals surface area contributed by atoms with Crippen LogP contribution in [0.5, 0.6) is 0 Å². The molecule has 45 heavy (non-hydrogen) atoms. The second-order valence-electron chi connectivity index (χ2n) is 11.1. The molecule has 4 aromatic rings. The van der Waals surface area contributed by atoms with Gasteiger partial charge in [-0.05, 0) is 60.4 Å². The van der Waals surface area contributed by atoms with Gasteiger partial charge in [0.05, 0.1) is 12.1 Å². The molecule has 0 saturated carbocycles. The topological polar surface area (TPSA) is 119 Å². The number of fused-ring (bicyclic) bond motifs is 2. The van der Waals surface area contributed by atoms with Crippen molar-refractivity contribution < 1.29 is 27.9 Å². The summed E-state index contributed by atoms with van der Waals surface area (Å²) >= 11 is 0. The highest BCUT2D eigenvalue weighted by Crippen LogP contribution is 2.39. The van der Waals surface area contributed by atoms with Gasteiger partial charge in [0.25, 0.3) is 11.5 Å². The summed E-state index contributed by atoms with van der Waals surface area (Å²) in [4.78, 5) is 57.3. The summed E-state index contributed by atoms with van der Waals surface area (Å²) in [5.41, 5.74) is 2.80. The van der Waals surface area contributed by atoms with Crippen molar-refractivity contribution in [2.24, 2.45) is 0 Å². The Morgan fingerprint density at radius 1 is 1.04 bits per heavy atom. The van der Waals surface area contributed by atoms with E-state index >= 15 is 0 Å². The van der Waals surface area contributed by atoms with E-state index in [0.29, 0.717) is 28.8 Å². The number of nitrogens with one attached hydrogen (secondary N) is 1. The van der Waals surface area contributed by atoms with Gasteiger partial charge < -0.3 is 29.0 Å². The van der Waals surface area contributed by atoms with Crippen molar-refractivity contribution in [1.82, 2.24) is 23.9 Å². The molecule has 11 nitrogen and oxygen atoms in total. The first-order chi connectivity index (χ1) is 21.4. The van der Waals surface area contributed by atoms with Gasteiger partial charge in [-0.2, -0.15) is 0 Å². The molecule has 1 aliphatic rings. The number of hydrogen-bond donors (Lipinski definition) is 1. The van der Waals surface area contributed by atoms with E-state index in [2.05, 4.69) is 10.3 Å². The second kappa shape index (κ2) is 12.7. The van der Waals surface area contributed by atoms with Gasteiger partial charge >= 0.3 is 6.09 Å². The van der Waals surface area contributed by atoms with Crippen LogP contribution < -0.4 is 10.9 Å². The molecule has 5 rings (SSSR count). The van der Waals surface area contributed by atoms with E-state index in [9.17, 15) is 28.0 Å². The first kappa shape index (κ1) is 31.1. The zero-order valence-corrected chi connectivity index (χ0v) is 25.2. The second-order valence-corrected chi connectivity index (χ2v) is 11.1. The molecular formula is C32H32F2N6O5. The highest BCUT2D eigenvalue weighted by atomic mass is 19.1. The molecule has 1 aliphatic heterocycles. The van der Waals surface area contributed by atoms with Crippen molar-refractivity contribution in [3.05, 3.63) is 94.2 Å². The van der Waals surface area contributed by atoms with Crippen molar-refractivity contribution in [3.8, 4) is 11.1 Å². The van der Waals surface area contributed by atoms with Gasteiger partial charge in [-0.1, -0.05) is 12.1 Å². The number of anilines is 1. The number of ether oxygens (including phenoxy) is 1. The first-order valence-corrected chi connectivity index (χ1v) is 14.2. The van der Waals surface area contributed by atoms with Crippen molar-refractivity contribution >= 4 is 34.6 Å². The summed E-state index contributed by atoms with van der Waals surface area (Å²) in [5, 5.41) is 3.09. The number of aromatic nitrogens is 3. The fraction of sp³-hybridized carbons (Fsp3) is 0.281. The van der Waals surface area contributed by atoms with Crippen LogP contribution in [0.1, 0.15) is 24.1 Å². The molecule has 234 valence electrons. The Morgan fingerprint density at radius 2 is 1.80 bits per heavy atom. The van der Waals surface area contributed by atoms with Crippen molar-refractivity contribution in [2.45, 2.75) is 32.0 Å². The monoisotopic (exact) mass is 618 g/mol.